The summed E-state index contributed by atoms with van der Waals surface area (Å²) in [5.74, 6) is 11.3. The van der Waals surface area contributed by atoms with Gasteiger partial charge in [-0.1, -0.05) is 178 Å². The van der Waals surface area contributed by atoms with Crippen LogP contribution in [0.5, 0.6) is 0 Å². The van der Waals surface area contributed by atoms with Crippen molar-refractivity contribution in [2.75, 3.05) is 0 Å². The standard InChI is InChI=1S/8C7H14/c2*1-6-4-7(2,3)5-6;2*1-6-4-5-7(6,2)3;1-5-4-6(2)7(5)3;1-3-7-4-6(2)5-7;1-3-7(2)5-4-6-7;1-3-7-5-4-6(7)2/h4*6H,4-5H2,1-3H3;5-7H,4H2,1-3H3;6-7H,3-5H2,1-2H3;3-6H2,1-2H3;6-7H,3-5H2,1-2H3/t;;6-;;;;;/m..0...../s1. The van der Waals surface area contributed by atoms with Crippen molar-refractivity contribution in [1.82, 2.24) is 0 Å². The average molecular weight is 786 g/mol. The second-order valence-corrected chi connectivity index (χ2v) is 25.9. The van der Waals surface area contributed by atoms with Crippen molar-refractivity contribution >= 4 is 0 Å². The molecule has 8 rings (SSSR count). The molecule has 0 aliphatic heterocycles. The van der Waals surface area contributed by atoms with Crippen LogP contribution in [0.3, 0.4) is 0 Å². The molecule has 336 valence electrons. The van der Waals surface area contributed by atoms with Crippen LogP contribution in [0.1, 0.15) is 267 Å². The number of hydrogen-bond donors (Lipinski definition) is 0. The van der Waals surface area contributed by atoms with Crippen molar-refractivity contribution in [2.45, 2.75) is 267 Å². The lowest BCUT2D eigenvalue weighted by atomic mass is 9.64. The van der Waals surface area contributed by atoms with Gasteiger partial charge < -0.3 is 0 Å². The van der Waals surface area contributed by atoms with E-state index in [9.17, 15) is 0 Å². The molecule has 8 fully saturated rings. The fourth-order valence-corrected chi connectivity index (χ4v) is 10.9. The highest BCUT2D eigenvalue weighted by molar-refractivity contribution is 4.87. The van der Waals surface area contributed by atoms with Crippen molar-refractivity contribution in [3.8, 4) is 0 Å². The Bertz CT molecular complexity index is 929. The third-order valence-electron chi connectivity index (χ3n) is 18.0. The van der Waals surface area contributed by atoms with Crippen molar-refractivity contribution in [3.05, 3.63) is 0 Å². The zero-order valence-corrected chi connectivity index (χ0v) is 43.3. The highest BCUT2D eigenvalue weighted by Crippen LogP contribution is 2.47. The highest BCUT2D eigenvalue weighted by atomic mass is 14.4. The average Bonchev–Trinajstić information content (AvgIpc) is 3.07. The van der Waals surface area contributed by atoms with E-state index in [2.05, 4.69) is 145 Å². The molecule has 8 aliphatic rings. The quantitative estimate of drug-likeness (QED) is 0.267. The van der Waals surface area contributed by atoms with Gasteiger partial charge in [0.1, 0.15) is 0 Å². The number of rotatable bonds is 3. The van der Waals surface area contributed by atoms with Gasteiger partial charge in [-0.3, -0.25) is 0 Å². The van der Waals surface area contributed by atoms with Gasteiger partial charge in [0.25, 0.3) is 0 Å². The van der Waals surface area contributed by atoms with E-state index in [0.717, 1.165) is 70.5 Å². The molecule has 56 heavy (non-hydrogen) atoms. The lowest BCUT2D eigenvalue weighted by Crippen LogP contribution is -2.31. The minimum absolute atomic E-state index is 0.681. The summed E-state index contributed by atoms with van der Waals surface area (Å²) in [5.41, 5.74) is 3.51. The minimum atomic E-state index is 0.681. The Hall–Kier alpha value is 0. The molecule has 5 unspecified atom stereocenters. The van der Waals surface area contributed by atoms with E-state index in [-0.39, 0.29) is 0 Å². The van der Waals surface area contributed by atoms with Crippen molar-refractivity contribution in [3.63, 3.8) is 0 Å². The summed E-state index contributed by atoms with van der Waals surface area (Å²) in [6.45, 7) is 49.1. The molecule has 8 saturated carbocycles. The van der Waals surface area contributed by atoms with E-state index < -0.39 is 0 Å². The molecule has 0 spiro atoms. The summed E-state index contributed by atoms with van der Waals surface area (Å²) in [4.78, 5) is 0. The van der Waals surface area contributed by atoms with Crippen LogP contribution in [-0.2, 0) is 0 Å². The molecule has 0 amide bonds. The number of hydrogen-bond acceptors (Lipinski definition) is 0. The molecule has 0 saturated heterocycles. The third kappa shape index (κ3) is 19.6. The van der Waals surface area contributed by atoms with Crippen LogP contribution in [0.25, 0.3) is 0 Å². The molecule has 0 aromatic rings. The molecular formula is C56H112. The van der Waals surface area contributed by atoms with Crippen LogP contribution in [0.2, 0.25) is 0 Å². The maximum Gasteiger partial charge on any atom is -0.0328 e. The molecule has 6 atom stereocenters. The molecule has 0 aromatic heterocycles. The monoisotopic (exact) mass is 785 g/mol. The van der Waals surface area contributed by atoms with Gasteiger partial charge in [-0.15, -0.1) is 0 Å². The van der Waals surface area contributed by atoms with Crippen LogP contribution in [0, 0.1) is 92.2 Å². The predicted octanol–water partition coefficient (Wildman–Crippen LogP) is 19.5. The van der Waals surface area contributed by atoms with Gasteiger partial charge >= 0.3 is 0 Å². The first kappa shape index (κ1) is 54.0. The Labute approximate surface area is 358 Å². The maximum atomic E-state index is 2.39. The van der Waals surface area contributed by atoms with Crippen LogP contribution in [-0.4, -0.2) is 0 Å². The van der Waals surface area contributed by atoms with Gasteiger partial charge in [-0.2, -0.15) is 0 Å². The largest absolute Gasteiger partial charge is 0.0651 e. The topological polar surface area (TPSA) is 0 Å². The molecule has 0 aromatic carbocycles. The molecule has 0 heterocycles. The van der Waals surface area contributed by atoms with Crippen LogP contribution in [0.4, 0.5) is 0 Å². The lowest BCUT2D eigenvalue weighted by Gasteiger charge is -2.42. The summed E-state index contributed by atoms with van der Waals surface area (Å²) in [5, 5.41) is 0. The zero-order valence-electron chi connectivity index (χ0n) is 43.3. The summed E-state index contributed by atoms with van der Waals surface area (Å²) in [6, 6.07) is 0. The second-order valence-electron chi connectivity index (χ2n) is 25.9. The Balaban J connectivity index is 0.000000320. The summed E-state index contributed by atoms with van der Waals surface area (Å²) in [6.07, 6.45) is 27.6. The van der Waals surface area contributed by atoms with Crippen LogP contribution < -0.4 is 0 Å². The van der Waals surface area contributed by atoms with Gasteiger partial charge in [-0.05, 0) is 182 Å². The fraction of sp³-hybridized carbons (Fsp3) is 1.00. The fourth-order valence-electron chi connectivity index (χ4n) is 10.9. The minimum Gasteiger partial charge on any atom is -0.0651 e. The zero-order chi connectivity index (χ0) is 43.3. The molecule has 0 bridgehead atoms. The molecule has 8 aliphatic carbocycles. The van der Waals surface area contributed by atoms with Gasteiger partial charge in [0, 0.05) is 0 Å². The molecule has 0 N–H and O–H groups in total. The van der Waals surface area contributed by atoms with E-state index in [1.54, 1.807) is 0 Å². The van der Waals surface area contributed by atoms with Crippen LogP contribution in [0.15, 0.2) is 0 Å². The van der Waals surface area contributed by atoms with E-state index in [0.29, 0.717) is 21.7 Å². The van der Waals surface area contributed by atoms with Gasteiger partial charge in [0.15, 0.2) is 0 Å². The first-order valence-corrected chi connectivity index (χ1v) is 25.6. The maximum absolute atomic E-state index is 2.39. The van der Waals surface area contributed by atoms with Crippen molar-refractivity contribution in [1.29, 1.82) is 0 Å². The lowest BCUT2D eigenvalue weighted by molar-refractivity contribution is 0.0891. The van der Waals surface area contributed by atoms with Crippen LogP contribution >= 0.6 is 0 Å². The Morgan fingerprint density at radius 2 is 0.821 bits per heavy atom. The highest BCUT2D eigenvalue weighted by Gasteiger charge is 2.36. The second kappa shape index (κ2) is 23.9. The van der Waals surface area contributed by atoms with E-state index in [4.69, 9.17) is 0 Å². The predicted molar refractivity (Wildman–Crippen MR) is 257 cm³/mol. The Morgan fingerprint density at radius 3 is 0.839 bits per heavy atom. The van der Waals surface area contributed by atoms with Gasteiger partial charge in [0.2, 0.25) is 0 Å². The van der Waals surface area contributed by atoms with Crippen molar-refractivity contribution < 1.29 is 0 Å². The van der Waals surface area contributed by atoms with E-state index in [1.807, 2.05) is 0 Å². The summed E-state index contributed by atoms with van der Waals surface area (Å²) < 4.78 is 0. The Kier molecular flexibility index (Phi) is 23.0. The molecule has 0 radical (unpaired) electrons. The smallest absolute Gasteiger partial charge is 0.0328 e. The first-order chi connectivity index (χ1) is 25.6. The summed E-state index contributed by atoms with van der Waals surface area (Å²) >= 11 is 0. The molecule has 0 heteroatoms. The van der Waals surface area contributed by atoms with E-state index in [1.165, 1.54) is 122 Å². The SMILES string of the molecule is CC1CC(C)(C)C1.CC1CC(C)(C)C1.CC1CC(C)C1C.CC1CCC1(C)C.CCC1(C)CCC1.CCC1CC(C)C1.CCC1CCC1C.C[C@H]1CCC1(C)C. The first-order valence-electron chi connectivity index (χ1n) is 25.6. The van der Waals surface area contributed by atoms with E-state index >= 15 is 0 Å². The van der Waals surface area contributed by atoms with Crippen molar-refractivity contribution in [2.24, 2.45) is 92.2 Å². The van der Waals surface area contributed by atoms with Gasteiger partial charge in [0.05, 0.1) is 0 Å². The third-order valence-corrected chi connectivity index (χ3v) is 18.0. The van der Waals surface area contributed by atoms with Gasteiger partial charge in [-0.25, -0.2) is 0 Å². The molecular weight excluding hydrogens is 673 g/mol. The molecule has 0 nitrogen and oxygen atoms in total. The Morgan fingerprint density at radius 1 is 0.429 bits per heavy atom. The normalized spacial score (nSPS) is 36.5. The summed E-state index contributed by atoms with van der Waals surface area (Å²) in [7, 11) is 0.